The van der Waals surface area contributed by atoms with E-state index in [0.29, 0.717) is 11.3 Å². The molecule has 0 aliphatic carbocycles. The van der Waals surface area contributed by atoms with Gasteiger partial charge in [-0.1, -0.05) is 37.6 Å². The second kappa shape index (κ2) is 6.94. The number of hydrogen-bond acceptors (Lipinski definition) is 2. The van der Waals surface area contributed by atoms with E-state index in [2.05, 4.69) is 30.9 Å². The highest BCUT2D eigenvalue weighted by atomic mass is 35.5. The second-order valence-corrected chi connectivity index (χ2v) is 6.39. The van der Waals surface area contributed by atoms with Crippen LogP contribution in [-0.4, -0.2) is 31.1 Å². The van der Waals surface area contributed by atoms with Crippen molar-refractivity contribution in [3.05, 3.63) is 34.9 Å². The van der Waals surface area contributed by atoms with E-state index in [4.69, 9.17) is 17.3 Å². The lowest BCUT2D eigenvalue weighted by atomic mass is 9.90. The van der Waals surface area contributed by atoms with Crippen molar-refractivity contribution in [3.8, 4) is 0 Å². The quantitative estimate of drug-likeness (QED) is 0.922. The van der Waals surface area contributed by atoms with Crippen LogP contribution in [0.4, 0.5) is 0 Å². The Morgan fingerprint density at radius 3 is 2.79 bits per heavy atom. The number of rotatable bonds is 4. The molecule has 108 valence electrons. The van der Waals surface area contributed by atoms with Crippen molar-refractivity contribution >= 4 is 24.0 Å². The molecule has 1 saturated heterocycles. The van der Waals surface area contributed by atoms with Gasteiger partial charge in [-0.3, -0.25) is 0 Å². The van der Waals surface area contributed by atoms with Gasteiger partial charge in [0.1, 0.15) is 0 Å². The van der Waals surface area contributed by atoms with Crippen LogP contribution in [0.2, 0.25) is 5.02 Å². The number of benzene rings is 1. The van der Waals surface area contributed by atoms with Gasteiger partial charge in [0.2, 0.25) is 0 Å². The molecule has 0 spiro atoms. The number of nitrogens with two attached hydrogens (primary N) is 1. The first-order valence-corrected chi connectivity index (χ1v) is 7.08. The van der Waals surface area contributed by atoms with E-state index in [1.54, 1.807) is 0 Å². The van der Waals surface area contributed by atoms with Crippen molar-refractivity contribution in [1.82, 2.24) is 4.90 Å². The average Bonchev–Trinajstić information content (AvgIpc) is 2.72. The van der Waals surface area contributed by atoms with Gasteiger partial charge in [-0.2, -0.15) is 0 Å². The summed E-state index contributed by atoms with van der Waals surface area (Å²) in [4.78, 5) is 2.53. The fourth-order valence-electron chi connectivity index (χ4n) is 2.75. The van der Waals surface area contributed by atoms with E-state index < -0.39 is 0 Å². The van der Waals surface area contributed by atoms with Crippen molar-refractivity contribution in [2.75, 3.05) is 26.2 Å². The van der Waals surface area contributed by atoms with Crippen LogP contribution in [0.25, 0.3) is 0 Å². The lowest BCUT2D eigenvalue weighted by molar-refractivity contribution is 0.270. The summed E-state index contributed by atoms with van der Waals surface area (Å²) < 4.78 is 0. The Hall–Kier alpha value is -0.280. The van der Waals surface area contributed by atoms with Crippen LogP contribution in [0.1, 0.15) is 31.7 Å². The van der Waals surface area contributed by atoms with Crippen LogP contribution in [0.3, 0.4) is 0 Å². The lowest BCUT2D eigenvalue weighted by Gasteiger charge is -2.25. The average molecular weight is 303 g/mol. The minimum Gasteiger partial charge on any atom is -0.330 e. The van der Waals surface area contributed by atoms with Crippen molar-refractivity contribution in [2.45, 2.75) is 26.2 Å². The largest absolute Gasteiger partial charge is 0.330 e. The van der Waals surface area contributed by atoms with Gasteiger partial charge in [-0.15, -0.1) is 12.4 Å². The van der Waals surface area contributed by atoms with Crippen LogP contribution in [0, 0.1) is 5.41 Å². The normalized spacial score (nSPS) is 25.1. The first-order valence-electron chi connectivity index (χ1n) is 6.70. The molecule has 19 heavy (non-hydrogen) atoms. The van der Waals surface area contributed by atoms with Crippen LogP contribution in [-0.2, 0) is 0 Å². The van der Waals surface area contributed by atoms with E-state index in [9.17, 15) is 0 Å². The molecular formula is C15H24Cl2N2. The van der Waals surface area contributed by atoms with Gasteiger partial charge in [0.05, 0.1) is 0 Å². The Kier molecular flexibility index (Phi) is 6.13. The molecule has 2 unspecified atom stereocenters. The predicted octanol–water partition coefficient (Wildman–Crippen LogP) is 3.54. The van der Waals surface area contributed by atoms with Gasteiger partial charge >= 0.3 is 0 Å². The van der Waals surface area contributed by atoms with Gasteiger partial charge in [0, 0.05) is 18.1 Å². The first-order chi connectivity index (χ1) is 8.52. The van der Waals surface area contributed by atoms with Crippen molar-refractivity contribution in [3.63, 3.8) is 0 Å². The van der Waals surface area contributed by atoms with E-state index in [1.165, 1.54) is 18.5 Å². The van der Waals surface area contributed by atoms with Crippen LogP contribution >= 0.6 is 24.0 Å². The molecule has 1 aliphatic rings. The van der Waals surface area contributed by atoms with Crippen molar-refractivity contribution < 1.29 is 0 Å². The highest BCUT2D eigenvalue weighted by Crippen LogP contribution is 2.30. The van der Waals surface area contributed by atoms with Gasteiger partial charge in [-0.05, 0) is 48.5 Å². The third-order valence-corrected chi connectivity index (χ3v) is 4.31. The Labute approximate surface area is 127 Å². The summed E-state index contributed by atoms with van der Waals surface area (Å²) >= 11 is 6.04. The minimum atomic E-state index is 0. The predicted molar refractivity (Wildman–Crippen MR) is 85.3 cm³/mol. The molecule has 0 amide bonds. The van der Waals surface area contributed by atoms with E-state index in [0.717, 1.165) is 24.7 Å². The van der Waals surface area contributed by atoms with Crippen molar-refractivity contribution in [1.29, 1.82) is 0 Å². The highest BCUT2D eigenvalue weighted by molar-refractivity contribution is 6.30. The van der Waals surface area contributed by atoms with Crippen LogP contribution < -0.4 is 5.73 Å². The van der Waals surface area contributed by atoms with E-state index in [1.807, 2.05) is 12.1 Å². The molecule has 1 aromatic rings. The Balaban J connectivity index is 0.00000180. The Morgan fingerprint density at radius 1 is 1.47 bits per heavy atom. The third kappa shape index (κ3) is 4.35. The summed E-state index contributed by atoms with van der Waals surface area (Å²) in [6.07, 6.45) is 1.21. The molecule has 0 bridgehead atoms. The molecule has 1 aromatic carbocycles. The summed E-state index contributed by atoms with van der Waals surface area (Å²) in [5.74, 6) is 0.517. The summed E-state index contributed by atoms with van der Waals surface area (Å²) in [7, 11) is 0. The number of hydrogen-bond donors (Lipinski definition) is 1. The molecule has 1 heterocycles. The number of nitrogens with zero attached hydrogens (tertiary/aromatic N) is 1. The maximum atomic E-state index is 6.04. The summed E-state index contributed by atoms with van der Waals surface area (Å²) in [5, 5.41) is 0.826. The molecule has 2 atom stereocenters. The third-order valence-electron chi connectivity index (χ3n) is 4.08. The molecule has 0 saturated carbocycles. The number of likely N-dealkylation sites (tertiary alicyclic amines) is 1. The first kappa shape index (κ1) is 16.8. The maximum Gasteiger partial charge on any atom is 0.0408 e. The highest BCUT2D eigenvalue weighted by Gasteiger charge is 2.32. The molecule has 2 N–H and O–H groups in total. The summed E-state index contributed by atoms with van der Waals surface area (Å²) in [5.41, 5.74) is 7.48. The zero-order chi connectivity index (χ0) is 13.2. The van der Waals surface area contributed by atoms with Gasteiger partial charge in [-0.25, -0.2) is 0 Å². The van der Waals surface area contributed by atoms with Crippen LogP contribution in [0.15, 0.2) is 24.3 Å². The number of halogens is 2. The topological polar surface area (TPSA) is 29.3 Å². The van der Waals surface area contributed by atoms with E-state index >= 15 is 0 Å². The Morgan fingerprint density at radius 2 is 2.21 bits per heavy atom. The Bertz CT molecular complexity index is 411. The fourth-order valence-corrected chi connectivity index (χ4v) is 2.95. The molecule has 2 nitrogen and oxygen atoms in total. The summed E-state index contributed by atoms with van der Waals surface area (Å²) in [6.45, 7) is 8.72. The monoisotopic (exact) mass is 302 g/mol. The van der Waals surface area contributed by atoms with Gasteiger partial charge in [0.15, 0.2) is 0 Å². The summed E-state index contributed by atoms with van der Waals surface area (Å²) in [6, 6.07) is 8.19. The standard InChI is InChI=1S/C15H23ClN2.ClH/c1-12(13-4-3-5-14(16)8-13)9-18-7-6-15(2,10-17)11-18;/h3-5,8,12H,6-7,9-11,17H2,1-2H3;1H. The molecule has 1 aliphatic heterocycles. The second-order valence-electron chi connectivity index (χ2n) is 5.96. The molecule has 0 radical (unpaired) electrons. The van der Waals surface area contributed by atoms with Crippen LogP contribution in [0.5, 0.6) is 0 Å². The van der Waals surface area contributed by atoms with Gasteiger partial charge < -0.3 is 10.6 Å². The smallest absolute Gasteiger partial charge is 0.0408 e. The minimum absolute atomic E-state index is 0. The molecular weight excluding hydrogens is 279 g/mol. The molecule has 0 aromatic heterocycles. The van der Waals surface area contributed by atoms with Gasteiger partial charge in [0.25, 0.3) is 0 Å². The SMILES string of the molecule is CC(CN1CCC(C)(CN)C1)c1cccc(Cl)c1.Cl. The zero-order valence-electron chi connectivity index (χ0n) is 11.7. The molecule has 1 fully saturated rings. The lowest BCUT2D eigenvalue weighted by Crippen LogP contribution is -2.32. The molecule has 2 rings (SSSR count). The van der Waals surface area contributed by atoms with E-state index in [-0.39, 0.29) is 12.4 Å². The maximum absolute atomic E-state index is 6.04. The molecule has 4 heteroatoms. The fraction of sp³-hybridized carbons (Fsp3) is 0.600. The zero-order valence-corrected chi connectivity index (χ0v) is 13.3. The van der Waals surface area contributed by atoms with Crippen molar-refractivity contribution in [2.24, 2.45) is 11.1 Å².